The minimum atomic E-state index is -1.09. The molecule has 2 aromatic heterocycles. The number of carbonyl (C=O) groups is 1. The van der Waals surface area contributed by atoms with Gasteiger partial charge >= 0.3 is 5.97 Å². The van der Waals surface area contributed by atoms with Crippen molar-refractivity contribution >= 4 is 39.2 Å². The number of halogens is 2. The first kappa shape index (κ1) is 12.9. The van der Waals surface area contributed by atoms with E-state index in [4.69, 9.17) is 21.1 Å². The van der Waals surface area contributed by atoms with Crippen molar-refractivity contribution in [1.29, 1.82) is 0 Å². The van der Waals surface area contributed by atoms with E-state index < -0.39 is 5.97 Å². The molecule has 0 saturated heterocycles. The number of aromatic carboxylic acids is 1. The average molecular weight is 332 g/mol. The Morgan fingerprint density at radius 1 is 1.56 bits per heavy atom. The van der Waals surface area contributed by atoms with Crippen LogP contribution in [-0.4, -0.2) is 16.1 Å². The molecule has 0 atom stereocenters. The Bertz CT molecular complexity index is 585. The molecule has 7 heteroatoms. The van der Waals surface area contributed by atoms with Crippen LogP contribution in [0, 0.1) is 0 Å². The van der Waals surface area contributed by atoms with E-state index in [9.17, 15) is 4.79 Å². The zero-order valence-electron chi connectivity index (χ0n) is 8.98. The van der Waals surface area contributed by atoms with Crippen LogP contribution in [0.25, 0.3) is 0 Å². The molecule has 18 heavy (non-hydrogen) atoms. The Morgan fingerprint density at radius 3 is 3.00 bits per heavy atom. The van der Waals surface area contributed by atoms with E-state index in [0.717, 1.165) is 4.47 Å². The van der Waals surface area contributed by atoms with E-state index in [0.29, 0.717) is 23.1 Å². The molecular weight excluding hydrogens is 323 g/mol. The number of furan rings is 1. The van der Waals surface area contributed by atoms with E-state index in [1.807, 2.05) is 0 Å². The summed E-state index contributed by atoms with van der Waals surface area (Å²) < 4.78 is 5.89. The molecule has 0 amide bonds. The van der Waals surface area contributed by atoms with Gasteiger partial charge in [-0.3, -0.25) is 0 Å². The van der Waals surface area contributed by atoms with Gasteiger partial charge in [-0.05, 0) is 34.1 Å². The first-order valence-corrected chi connectivity index (χ1v) is 6.10. The van der Waals surface area contributed by atoms with Gasteiger partial charge in [-0.15, -0.1) is 0 Å². The number of nitrogens with one attached hydrogen (secondary N) is 1. The minimum absolute atomic E-state index is 0.0923. The minimum Gasteiger partial charge on any atom is -0.475 e. The average Bonchev–Trinajstić information content (AvgIpc) is 2.79. The van der Waals surface area contributed by atoms with Crippen molar-refractivity contribution in [3.63, 3.8) is 0 Å². The second-order valence-electron chi connectivity index (χ2n) is 3.42. The highest BCUT2D eigenvalue weighted by Gasteiger charge is 2.09. The number of pyridine rings is 1. The molecule has 2 rings (SSSR count). The lowest BCUT2D eigenvalue weighted by atomic mass is 10.4. The van der Waals surface area contributed by atoms with Crippen molar-refractivity contribution in [3.05, 3.63) is 45.5 Å². The second-order valence-corrected chi connectivity index (χ2v) is 4.69. The standard InChI is InChI=1S/C11H8BrClN2O3/c12-6-3-8(10(13)15-4-6)14-5-7-1-2-9(18-7)11(16)17/h1-4,14H,5H2,(H,16,17). The second kappa shape index (κ2) is 5.41. The van der Waals surface area contributed by atoms with Crippen LogP contribution in [0.5, 0.6) is 0 Å². The van der Waals surface area contributed by atoms with Gasteiger partial charge in [0, 0.05) is 10.7 Å². The van der Waals surface area contributed by atoms with Crippen LogP contribution >= 0.6 is 27.5 Å². The molecule has 0 bridgehead atoms. The van der Waals surface area contributed by atoms with E-state index in [1.54, 1.807) is 18.3 Å². The molecule has 0 fully saturated rings. The largest absolute Gasteiger partial charge is 0.475 e. The fraction of sp³-hybridized carbons (Fsp3) is 0.0909. The summed E-state index contributed by atoms with van der Waals surface area (Å²) in [6, 6.07) is 4.77. The fourth-order valence-corrected chi connectivity index (χ4v) is 1.82. The van der Waals surface area contributed by atoms with Gasteiger partial charge in [0.15, 0.2) is 5.15 Å². The van der Waals surface area contributed by atoms with Gasteiger partial charge in [-0.25, -0.2) is 9.78 Å². The topological polar surface area (TPSA) is 75.4 Å². The van der Waals surface area contributed by atoms with Crippen molar-refractivity contribution in [1.82, 2.24) is 4.98 Å². The molecule has 0 aliphatic carbocycles. The molecule has 94 valence electrons. The van der Waals surface area contributed by atoms with Gasteiger partial charge in [0.1, 0.15) is 5.76 Å². The Balaban J connectivity index is 2.06. The number of rotatable bonds is 4. The van der Waals surface area contributed by atoms with Crippen molar-refractivity contribution in [2.75, 3.05) is 5.32 Å². The number of hydrogen-bond donors (Lipinski definition) is 2. The molecule has 0 aliphatic rings. The van der Waals surface area contributed by atoms with Crippen molar-refractivity contribution in [2.45, 2.75) is 6.54 Å². The normalized spacial score (nSPS) is 10.3. The lowest BCUT2D eigenvalue weighted by molar-refractivity contribution is 0.0660. The van der Waals surface area contributed by atoms with Crippen molar-refractivity contribution < 1.29 is 14.3 Å². The quantitative estimate of drug-likeness (QED) is 0.840. The monoisotopic (exact) mass is 330 g/mol. The van der Waals surface area contributed by atoms with Gasteiger partial charge in [0.2, 0.25) is 5.76 Å². The van der Waals surface area contributed by atoms with Crippen LogP contribution in [0.4, 0.5) is 5.69 Å². The Kier molecular flexibility index (Phi) is 3.88. The van der Waals surface area contributed by atoms with Gasteiger partial charge in [-0.2, -0.15) is 0 Å². The van der Waals surface area contributed by atoms with Crippen LogP contribution in [0.3, 0.4) is 0 Å². The number of carboxylic acid groups (broad SMARTS) is 1. The van der Waals surface area contributed by atoms with Crippen molar-refractivity contribution in [2.24, 2.45) is 0 Å². The molecule has 0 aliphatic heterocycles. The molecular formula is C11H8BrClN2O3. The predicted octanol–water partition coefficient (Wildman–Crippen LogP) is 3.40. The number of carboxylic acids is 1. The highest BCUT2D eigenvalue weighted by molar-refractivity contribution is 9.10. The predicted molar refractivity (Wildman–Crippen MR) is 69.9 cm³/mol. The molecule has 2 N–H and O–H groups in total. The van der Waals surface area contributed by atoms with E-state index >= 15 is 0 Å². The molecule has 2 aromatic rings. The van der Waals surface area contributed by atoms with Crippen LogP contribution in [0.1, 0.15) is 16.3 Å². The molecule has 0 spiro atoms. The zero-order chi connectivity index (χ0) is 13.1. The van der Waals surface area contributed by atoms with E-state index in [2.05, 4.69) is 26.2 Å². The van der Waals surface area contributed by atoms with Crippen molar-refractivity contribution in [3.8, 4) is 0 Å². The van der Waals surface area contributed by atoms with Crippen LogP contribution in [0.2, 0.25) is 5.15 Å². The van der Waals surface area contributed by atoms with Crippen LogP contribution in [-0.2, 0) is 6.54 Å². The summed E-state index contributed by atoms with van der Waals surface area (Å²) in [5, 5.41) is 12.1. The third-order valence-electron chi connectivity index (χ3n) is 2.13. The number of anilines is 1. The maximum Gasteiger partial charge on any atom is 0.371 e. The number of hydrogen-bond acceptors (Lipinski definition) is 4. The first-order valence-electron chi connectivity index (χ1n) is 4.93. The maximum atomic E-state index is 10.6. The van der Waals surface area contributed by atoms with Gasteiger partial charge in [0.05, 0.1) is 12.2 Å². The van der Waals surface area contributed by atoms with Gasteiger partial charge < -0.3 is 14.8 Å². The van der Waals surface area contributed by atoms with Gasteiger partial charge in [-0.1, -0.05) is 11.6 Å². The molecule has 5 nitrogen and oxygen atoms in total. The molecule has 0 unspecified atom stereocenters. The SMILES string of the molecule is O=C(O)c1ccc(CNc2cc(Br)cnc2Cl)o1. The summed E-state index contributed by atoms with van der Waals surface area (Å²) in [6.07, 6.45) is 1.59. The lowest BCUT2D eigenvalue weighted by Gasteiger charge is -2.06. The number of aromatic nitrogens is 1. The molecule has 0 saturated carbocycles. The Labute approximate surface area is 116 Å². The summed E-state index contributed by atoms with van der Waals surface area (Å²) >= 11 is 9.18. The summed E-state index contributed by atoms with van der Waals surface area (Å²) in [6.45, 7) is 0.325. The maximum absolute atomic E-state index is 10.6. The highest BCUT2D eigenvalue weighted by atomic mass is 79.9. The first-order chi connectivity index (χ1) is 8.56. The van der Waals surface area contributed by atoms with Crippen LogP contribution < -0.4 is 5.32 Å². The highest BCUT2D eigenvalue weighted by Crippen LogP contribution is 2.23. The smallest absolute Gasteiger partial charge is 0.371 e. The summed E-state index contributed by atoms with van der Waals surface area (Å²) in [7, 11) is 0. The van der Waals surface area contributed by atoms with E-state index in [1.165, 1.54) is 6.07 Å². The Hall–Kier alpha value is -1.53. The third-order valence-corrected chi connectivity index (χ3v) is 2.87. The third kappa shape index (κ3) is 3.02. The number of nitrogens with zero attached hydrogens (tertiary/aromatic N) is 1. The lowest BCUT2D eigenvalue weighted by Crippen LogP contribution is -2.00. The fourth-order valence-electron chi connectivity index (χ4n) is 1.32. The summed E-state index contributed by atoms with van der Waals surface area (Å²) in [5.74, 6) is -0.683. The summed E-state index contributed by atoms with van der Waals surface area (Å²) in [4.78, 5) is 14.6. The summed E-state index contributed by atoms with van der Waals surface area (Å²) in [5.41, 5.74) is 0.638. The van der Waals surface area contributed by atoms with E-state index in [-0.39, 0.29) is 5.76 Å². The zero-order valence-corrected chi connectivity index (χ0v) is 11.3. The molecule has 0 radical (unpaired) electrons. The van der Waals surface area contributed by atoms with Crippen LogP contribution in [0.15, 0.2) is 33.3 Å². The van der Waals surface area contributed by atoms with Gasteiger partial charge in [0.25, 0.3) is 0 Å². The Morgan fingerprint density at radius 2 is 2.33 bits per heavy atom. The molecule has 2 heterocycles. The molecule has 0 aromatic carbocycles.